The first-order chi connectivity index (χ1) is 8.00. The van der Waals surface area contributed by atoms with Crippen LogP contribution in [-0.2, 0) is 23.3 Å². The van der Waals surface area contributed by atoms with Gasteiger partial charge in [-0.05, 0) is 18.4 Å². The van der Waals surface area contributed by atoms with Gasteiger partial charge in [-0.15, -0.1) is 0 Å². The van der Waals surface area contributed by atoms with Crippen molar-refractivity contribution in [3.05, 3.63) is 18.0 Å². The highest BCUT2D eigenvalue weighted by Crippen LogP contribution is 2.23. The number of hydrogen-bond donors (Lipinski definition) is 2. The summed E-state index contributed by atoms with van der Waals surface area (Å²) in [5.41, 5.74) is 3.66. The number of nitrogens with one attached hydrogen (secondary N) is 1. The van der Waals surface area contributed by atoms with Crippen molar-refractivity contribution in [2.75, 3.05) is 11.5 Å². The molecule has 0 bridgehead atoms. The maximum Gasteiger partial charge on any atom is 0.150 e. The second-order valence-electron chi connectivity index (χ2n) is 4.62. The highest BCUT2D eigenvalue weighted by Gasteiger charge is 2.33. The molecule has 1 aliphatic heterocycles. The highest BCUT2D eigenvalue weighted by molar-refractivity contribution is 7.91. The number of nitrogens with zero attached hydrogens (tertiary/aromatic N) is 2. The molecule has 2 rings (SSSR count). The first-order valence-electron chi connectivity index (χ1n) is 5.65. The molecular weight excluding hydrogens is 240 g/mol. The van der Waals surface area contributed by atoms with Crippen LogP contribution in [0, 0.1) is 5.92 Å². The fourth-order valence-corrected chi connectivity index (χ4v) is 4.18. The SMILES string of the molecule is Cn1ccc(CC(NN)C2CCS(=O)(=O)C2)n1. The van der Waals surface area contributed by atoms with Crippen molar-refractivity contribution < 1.29 is 8.42 Å². The summed E-state index contributed by atoms with van der Waals surface area (Å²) in [5, 5.41) is 4.28. The van der Waals surface area contributed by atoms with Gasteiger partial charge in [0.15, 0.2) is 9.84 Å². The summed E-state index contributed by atoms with van der Waals surface area (Å²) in [7, 11) is -1.00. The molecule has 6 nitrogen and oxygen atoms in total. The van der Waals surface area contributed by atoms with E-state index in [9.17, 15) is 8.42 Å². The first kappa shape index (κ1) is 12.5. The summed E-state index contributed by atoms with van der Waals surface area (Å²) in [4.78, 5) is 0. The van der Waals surface area contributed by atoms with Crippen LogP contribution < -0.4 is 11.3 Å². The Bertz CT molecular complexity index is 482. The van der Waals surface area contributed by atoms with Gasteiger partial charge in [0.25, 0.3) is 0 Å². The molecule has 7 heteroatoms. The monoisotopic (exact) mass is 258 g/mol. The van der Waals surface area contributed by atoms with Crippen molar-refractivity contribution in [3.63, 3.8) is 0 Å². The Morgan fingerprint density at radius 1 is 1.71 bits per heavy atom. The van der Waals surface area contributed by atoms with E-state index in [0.717, 1.165) is 5.69 Å². The Morgan fingerprint density at radius 2 is 2.47 bits per heavy atom. The standard InChI is InChI=1S/C10H18N4O2S/c1-14-4-2-9(13-14)6-10(12-11)8-3-5-17(15,16)7-8/h2,4,8,10,12H,3,5-7,11H2,1H3. The summed E-state index contributed by atoms with van der Waals surface area (Å²) >= 11 is 0. The smallest absolute Gasteiger partial charge is 0.150 e. The Labute approximate surface area is 101 Å². The number of aromatic nitrogens is 2. The van der Waals surface area contributed by atoms with Crippen molar-refractivity contribution in [1.29, 1.82) is 0 Å². The Balaban J connectivity index is 2.02. The molecule has 2 atom stereocenters. The lowest BCUT2D eigenvalue weighted by atomic mass is 9.96. The van der Waals surface area contributed by atoms with E-state index in [4.69, 9.17) is 5.84 Å². The Kier molecular flexibility index (Phi) is 3.50. The van der Waals surface area contributed by atoms with Crippen LogP contribution in [0.3, 0.4) is 0 Å². The lowest BCUT2D eigenvalue weighted by Crippen LogP contribution is -2.43. The molecular formula is C10H18N4O2S. The fraction of sp³-hybridized carbons (Fsp3) is 0.700. The average Bonchev–Trinajstić information content (AvgIpc) is 2.81. The molecule has 1 aromatic rings. The van der Waals surface area contributed by atoms with E-state index in [0.29, 0.717) is 12.8 Å². The molecule has 2 unspecified atom stereocenters. The molecule has 0 amide bonds. The molecule has 0 radical (unpaired) electrons. The summed E-state index contributed by atoms with van der Waals surface area (Å²) in [6, 6.07) is 1.90. The summed E-state index contributed by atoms with van der Waals surface area (Å²) in [6.45, 7) is 0. The van der Waals surface area contributed by atoms with Gasteiger partial charge >= 0.3 is 0 Å². The van der Waals surface area contributed by atoms with E-state index in [-0.39, 0.29) is 23.5 Å². The molecule has 96 valence electrons. The van der Waals surface area contributed by atoms with Gasteiger partial charge in [0.05, 0.1) is 17.2 Å². The van der Waals surface area contributed by atoms with Crippen LogP contribution in [0.1, 0.15) is 12.1 Å². The van der Waals surface area contributed by atoms with Crippen LogP contribution in [0.25, 0.3) is 0 Å². The van der Waals surface area contributed by atoms with E-state index in [1.165, 1.54) is 0 Å². The maximum atomic E-state index is 11.4. The van der Waals surface area contributed by atoms with Crippen molar-refractivity contribution in [2.45, 2.75) is 18.9 Å². The number of aryl methyl sites for hydroxylation is 1. The molecule has 17 heavy (non-hydrogen) atoms. The zero-order valence-electron chi connectivity index (χ0n) is 9.83. The molecule has 0 spiro atoms. The predicted octanol–water partition coefficient (Wildman–Crippen LogP) is -0.771. The molecule has 1 aromatic heterocycles. The van der Waals surface area contributed by atoms with Gasteiger partial charge in [-0.1, -0.05) is 0 Å². The van der Waals surface area contributed by atoms with Gasteiger partial charge in [-0.2, -0.15) is 5.10 Å². The van der Waals surface area contributed by atoms with E-state index in [1.807, 2.05) is 19.3 Å². The first-order valence-corrected chi connectivity index (χ1v) is 7.47. The normalized spacial score (nSPS) is 24.9. The van der Waals surface area contributed by atoms with Crippen molar-refractivity contribution >= 4 is 9.84 Å². The average molecular weight is 258 g/mol. The Hall–Kier alpha value is -0.920. The van der Waals surface area contributed by atoms with Crippen LogP contribution in [0.5, 0.6) is 0 Å². The Morgan fingerprint density at radius 3 is 2.94 bits per heavy atom. The molecule has 3 N–H and O–H groups in total. The minimum Gasteiger partial charge on any atom is -0.276 e. The number of hydrogen-bond acceptors (Lipinski definition) is 5. The molecule has 1 aliphatic rings. The van der Waals surface area contributed by atoms with Crippen molar-refractivity contribution in [3.8, 4) is 0 Å². The van der Waals surface area contributed by atoms with E-state index < -0.39 is 9.84 Å². The van der Waals surface area contributed by atoms with Gasteiger partial charge < -0.3 is 0 Å². The summed E-state index contributed by atoms with van der Waals surface area (Å²) in [5.74, 6) is 6.11. The van der Waals surface area contributed by atoms with Crippen LogP contribution in [0.2, 0.25) is 0 Å². The lowest BCUT2D eigenvalue weighted by Gasteiger charge is -2.20. The fourth-order valence-electron chi connectivity index (χ4n) is 2.30. The third-order valence-electron chi connectivity index (χ3n) is 3.25. The number of nitrogens with two attached hydrogens (primary N) is 1. The predicted molar refractivity (Wildman–Crippen MR) is 64.8 cm³/mol. The topological polar surface area (TPSA) is 90.0 Å². The molecule has 1 saturated heterocycles. The minimum atomic E-state index is -2.86. The van der Waals surface area contributed by atoms with Gasteiger partial charge in [0.2, 0.25) is 0 Å². The van der Waals surface area contributed by atoms with Crippen LogP contribution >= 0.6 is 0 Å². The quantitative estimate of drug-likeness (QED) is 0.547. The molecule has 0 aliphatic carbocycles. The molecule has 0 saturated carbocycles. The largest absolute Gasteiger partial charge is 0.276 e. The van der Waals surface area contributed by atoms with Gasteiger partial charge in [0.1, 0.15) is 0 Å². The van der Waals surface area contributed by atoms with Gasteiger partial charge in [0, 0.05) is 25.7 Å². The van der Waals surface area contributed by atoms with Crippen molar-refractivity contribution in [2.24, 2.45) is 18.8 Å². The lowest BCUT2D eigenvalue weighted by molar-refractivity contribution is 0.381. The highest BCUT2D eigenvalue weighted by atomic mass is 32.2. The van der Waals surface area contributed by atoms with Crippen LogP contribution in [0.4, 0.5) is 0 Å². The molecule has 2 heterocycles. The van der Waals surface area contributed by atoms with Crippen LogP contribution in [0.15, 0.2) is 12.3 Å². The third-order valence-corrected chi connectivity index (χ3v) is 5.04. The second kappa shape index (κ2) is 4.75. The number of hydrazine groups is 1. The van der Waals surface area contributed by atoms with Crippen molar-refractivity contribution in [1.82, 2.24) is 15.2 Å². The molecule has 1 fully saturated rings. The van der Waals surface area contributed by atoms with Gasteiger partial charge in [-0.3, -0.25) is 16.0 Å². The van der Waals surface area contributed by atoms with E-state index in [2.05, 4.69) is 10.5 Å². The van der Waals surface area contributed by atoms with Gasteiger partial charge in [-0.25, -0.2) is 8.42 Å². The minimum absolute atomic E-state index is 0.0258. The van der Waals surface area contributed by atoms with Crippen LogP contribution in [-0.4, -0.2) is 35.7 Å². The van der Waals surface area contributed by atoms with E-state index in [1.54, 1.807) is 4.68 Å². The second-order valence-corrected chi connectivity index (χ2v) is 6.85. The summed E-state index contributed by atoms with van der Waals surface area (Å²) in [6.07, 6.45) is 3.22. The molecule has 0 aromatic carbocycles. The van der Waals surface area contributed by atoms with E-state index >= 15 is 0 Å². The number of sulfone groups is 1. The zero-order valence-corrected chi connectivity index (χ0v) is 10.7. The maximum absolute atomic E-state index is 11.4. The third kappa shape index (κ3) is 3.05. The summed E-state index contributed by atoms with van der Waals surface area (Å²) < 4.78 is 24.6. The zero-order chi connectivity index (χ0) is 12.5. The number of rotatable bonds is 4.